The Morgan fingerprint density at radius 2 is 1.09 bits per heavy atom. The van der Waals surface area contributed by atoms with Gasteiger partial charge in [0, 0.05) is 18.4 Å². The standard InChI is InChI=1S/C19H21NO2/c1-20(18-10-6-16(7-11-18)4-2-14-21)19-12-8-17(9-13-19)5-3-15-22/h2-13,21-22H,14-15H2,1H3. The number of anilines is 2. The van der Waals surface area contributed by atoms with E-state index in [1.54, 1.807) is 12.2 Å². The molecule has 0 saturated carbocycles. The Hall–Kier alpha value is -2.36. The van der Waals surface area contributed by atoms with E-state index in [2.05, 4.69) is 29.2 Å². The van der Waals surface area contributed by atoms with Gasteiger partial charge in [0.2, 0.25) is 0 Å². The lowest BCUT2D eigenvalue weighted by atomic mass is 10.1. The summed E-state index contributed by atoms with van der Waals surface area (Å²) in [6.07, 6.45) is 7.23. The Bertz CT molecular complexity index is 570. The molecule has 0 aliphatic heterocycles. The summed E-state index contributed by atoms with van der Waals surface area (Å²) >= 11 is 0. The first-order valence-electron chi connectivity index (χ1n) is 7.23. The summed E-state index contributed by atoms with van der Waals surface area (Å²) in [7, 11) is 2.02. The Morgan fingerprint density at radius 1 is 0.727 bits per heavy atom. The van der Waals surface area contributed by atoms with Crippen molar-refractivity contribution >= 4 is 23.5 Å². The van der Waals surface area contributed by atoms with Crippen LogP contribution in [0, 0.1) is 0 Å². The normalized spacial score (nSPS) is 11.4. The van der Waals surface area contributed by atoms with Gasteiger partial charge < -0.3 is 15.1 Å². The molecule has 0 saturated heterocycles. The second-order valence-corrected chi connectivity index (χ2v) is 4.91. The molecule has 3 heteroatoms. The van der Waals surface area contributed by atoms with Crippen LogP contribution in [0.1, 0.15) is 11.1 Å². The Labute approximate surface area is 131 Å². The maximum absolute atomic E-state index is 8.78. The second-order valence-electron chi connectivity index (χ2n) is 4.91. The molecule has 0 amide bonds. The summed E-state index contributed by atoms with van der Waals surface area (Å²) in [6, 6.07) is 16.3. The van der Waals surface area contributed by atoms with Crippen LogP contribution in [0.3, 0.4) is 0 Å². The fourth-order valence-corrected chi connectivity index (χ4v) is 2.14. The molecule has 0 radical (unpaired) electrons. The van der Waals surface area contributed by atoms with Crippen molar-refractivity contribution in [1.82, 2.24) is 0 Å². The van der Waals surface area contributed by atoms with Crippen molar-refractivity contribution in [3.05, 3.63) is 71.8 Å². The molecule has 2 N–H and O–H groups in total. The van der Waals surface area contributed by atoms with Crippen LogP contribution in [0.5, 0.6) is 0 Å². The molecule has 2 aromatic rings. The summed E-state index contributed by atoms with van der Waals surface area (Å²) in [5.74, 6) is 0. The quantitative estimate of drug-likeness (QED) is 0.857. The number of hydrogen-bond acceptors (Lipinski definition) is 3. The molecular weight excluding hydrogens is 274 g/mol. The van der Waals surface area contributed by atoms with Gasteiger partial charge in [-0.3, -0.25) is 0 Å². The van der Waals surface area contributed by atoms with Crippen molar-refractivity contribution in [3.63, 3.8) is 0 Å². The number of aliphatic hydroxyl groups is 2. The zero-order valence-corrected chi connectivity index (χ0v) is 12.7. The first-order valence-corrected chi connectivity index (χ1v) is 7.23. The predicted octanol–water partition coefficient (Wildman–Crippen LogP) is 3.47. The Kier molecular flexibility index (Phi) is 5.95. The summed E-state index contributed by atoms with van der Waals surface area (Å²) in [5.41, 5.74) is 4.32. The maximum Gasteiger partial charge on any atom is 0.0615 e. The molecule has 0 fully saturated rings. The van der Waals surface area contributed by atoms with E-state index in [0.717, 1.165) is 22.5 Å². The third-order valence-corrected chi connectivity index (χ3v) is 3.39. The van der Waals surface area contributed by atoms with Gasteiger partial charge in [0.05, 0.1) is 13.2 Å². The fraction of sp³-hybridized carbons (Fsp3) is 0.158. The van der Waals surface area contributed by atoms with E-state index in [0.29, 0.717) is 0 Å². The van der Waals surface area contributed by atoms with E-state index in [4.69, 9.17) is 10.2 Å². The minimum absolute atomic E-state index is 0.0543. The van der Waals surface area contributed by atoms with Crippen molar-refractivity contribution < 1.29 is 10.2 Å². The molecule has 0 aliphatic rings. The van der Waals surface area contributed by atoms with Crippen LogP contribution < -0.4 is 4.90 Å². The monoisotopic (exact) mass is 295 g/mol. The lowest BCUT2D eigenvalue weighted by molar-refractivity contribution is 0.343. The molecule has 0 aromatic heterocycles. The highest BCUT2D eigenvalue weighted by molar-refractivity contribution is 5.66. The summed E-state index contributed by atoms with van der Waals surface area (Å²) < 4.78 is 0. The lowest BCUT2D eigenvalue weighted by Crippen LogP contribution is -2.08. The average molecular weight is 295 g/mol. The van der Waals surface area contributed by atoms with Crippen LogP contribution in [0.15, 0.2) is 60.7 Å². The fourth-order valence-electron chi connectivity index (χ4n) is 2.14. The lowest BCUT2D eigenvalue weighted by Gasteiger charge is -2.19. The van der Waals surface area contributed by atoms with E-state index in [1.807, 2.05) is 43.5 Å². The summed E-state index contributed by atoms with van der Waals surface area (Å²) in [4.78, 5) is 2.11. The van der Waals surface area contributed by atoms with Gasteiger partial charge >= 0.3 is 0 Å². The number of rotatable bonds is 6. The Balaban J connectivity index is 2.11. The van der Waals surface area contributed by atoms with Crippen molar-refractivity contribution in [2.75, 3.05) is 25.2 Å². The van der Waals surface area contributed by atoms with Gasteiger partial charge in [0.25, 0.3) is 0 Å². The van der Waals surface area contributed by atoms with E-state index < -0.39 is 0 Å². The van der Waals surface area contributed by atoms with E-state index in [9.17, 15) is 0 Å². The third-order valence-electron chi connectivity index (χ3n) is 3.39. The van der Waals surface area contributed by atoms with Crippen molar-refractivity contribution in [2.24, 2.45) is 0 Å². The minimum atomic E-state index is 0.0543. The third kappa shape index (κ3) is 4.32. The highest BCUT2D eigenvalue weighted by atomic mass is 16.3. The van der Waals surface area contributed by atoms with Gasteiger partial charge in [-0.1, -0.05) is 48.6 Å². The van der Waals surface area contributed by atoms with Gasteiger partial charge in [0.15, 0.2) is 0 Å². The molecule has 22 heavy (non-hydrogen) atoms. The SMILES string of the molecule is CN(c1ccc(C=CCO)cc1)c1ccc(C=CCO)cc1. The topological polar surface area (TPSA) is 43.7 Å². The molecule has 3 nitrogen and oxygen atoms in total. The molecule has 2 aromatic carbocycles. The molecule has 0 spiro atoms. The molecule has 0 unspecified atom stereocenters. The molecule has 0 aliphatic carbocycles. The first kappa shape index (κ1) is 16.0. The number of benzene rings is 2. The Morgan fingerprint density at radius 3 is 1.41 bits per heavy atom. The van der Waals surface area contributed by atoms with E-state index >= 15 is 0 Å². The summed E-state index contributed by atoms with van der Waals surface area (Å²) in [5, 5.41) is 17.6. The average Bonchev–Trinajstić information content (AvgIpc) is 2.58. The van der Waals surface area contributed by atoms with E-state index in [1.165, 1.54) is 0 Å². The largest absolute Gasteiger partial charge is 0.392 e. The molecule has 0 bridgehead atoms. The van der Waals surface area contributed by atoms with Crippen LogP contribution in [-0.4, -0.2) is 30.5 Å². The van der Waals surface area contributed by atoms with Crippen LogP contribution in [-0.2, 0) is 0 Å². The summed E-state index contributed by atoms with van der Waals surface area (Å²) in [6.45, 7) is 0.109. The van der Waals surface area contributed by atoms with Gasteiger partial charge in [-0.25, -0.2) is 0 Å². The molecule has 114 valence electrons. The molecular formula is C19H21NO2. The van der Waals surface area contributed by atoms with Crippen LogP contribution in [0.2, 0.25) is 0 Å². The number of aliphatic hydroxyl groups excluding tert-OH is 2. The van der Waals surface area contributed by atoms with Crippen LogP contribution in [0.4, 0.5) is 11.4 Å². The highest BCUT2D eigenvalue weighted by Gasteiger charge is 2.03. The van der Waals surface area contributed by atoms with Crippen LogP contribution in [0.25, 0.3) is 12.2 Å². The zero-order valence-electron chi connectivity index (χ0n) is 12.7. The van der Waals surface area contributed by atoms with Gasteiger partial charge in [-0.15, -0.1) is 0 Å². The molecule has 2 rings (SSSR count). The van der Waals surface area contributed by atoms with Gasteiger partial charge in [0.1, 0.15) is 0 Å². The predicted molar refractivity (Wildman–Crippen MR) is 93.2 cm³/mol. The smallest absolute Gasteiger partial charge is 0.0615 e. The van der Waals surface area contributed by atoms with Crippen molar-refractivity contribution in [1.29, 1.82) is 0 Å². The zero-order chi connectivity index (χ0) is 15.8. The van der Waals surface area contributed by atoms with E-state index in [-0.39, 0.29) is 13.2 Å². The number of nitrogens with zero attached hydrogens (tertiary/aromatic N) is 1. The number of hydrogen-bond donors (Lipinski definition) is 2. The van der Waals surface area contributed by atoms with Gasteiger partial charge in [-0.05, 0) is 35.4 Å². The maximum atomic E-state index is 8.78. The molecule has 0 atom stereocenters. The van der Waals surface area contributed by atoms with Crippen molar-refractivity contribution in [3.8, 4) is 0 Å². The second kappa shape index (κ2) is 8.17. The van der Waals surface area contributed by atoms with Crippen molar-refractivity contribution in [2.45, 2.75) is 0 Å². The highest BCUT2D eigenvalue weighted by Crippen LogP contribution is 2.24. The van der Waals surface area contributed by atoms with Gasteiger partial charge in [-0.2, -0.15) is 0 Å². The minimum Gasteiger partial charge on any atom is -0.392 e. The first-order chi connectivity index (χ1) is 10.7. The molecule has 0 heterocycles. The van der Waals surface area contributed by atoms with Crippen LogP contribution >= 0.6 is 0 Å².